The first-order valence-corrected chi connectivity index (χ1v) is 7.48. The molecule has 1 heterocycles. The van der Waals surface area contributed by atoms with Crippen LogP contribution in [0.3, 0.4) is 0 Å². The van der Waals surface area contributed by atoms with Crippen LogP contribution in [0.2, 0.25) is 0 Å². The van der Waals surface area contributed by atoms with Gasteiger partial charge in [-0.25, -0.2) is 4.79 Å². The second kappa shape index (κ2) is 7.29. The zero-order chi connectivity index (χ0) is 14.4. The van der Waals surface area contributed by atoms with Gasteiger partial charge in [0.15, 0.2) is 0 Å². The molecule has 0 bridgehead atoms. The van der Waals surface area contributed by atoms with Gasteiger partial charge in [0.1, 0.15) is 6.61 Å². The number of hydrogen-bond acceptors (Lipinski definition) is 3. The van der Waals surface area contributed by atoms with Crippen molar-refractivity contribution in [3.63, 3.8) is 0 Å². The van der Waals surface area contributed by atoms with Crippen molar-refractivity contribution in [2.24, 2.45) is 0 Å². The minimum absolute atomic E-state index is 0.168. The quantitative estimate of drug-likeness (QED) is 0.832. The molecule has 1 N–H and O–H groups in total. The molecule has 0 radical (unpaired) electrons. The van der Waals surface area contributed by atoms with E-state index in [1.54, 1.807) is 4.90 Å². The number of likely N-dealkylation sites (N-methyl/N-ethyl adjacent to an activating group) is 1. The Balaban J connectivity index is 2.04. The lowest BCUT2D eigenvalue weighted by Crippen LogP contribution is -2.35. The van der Waals surface area contributed by atoms with Crippen LogP contribution in [0.5, 0.6) is 0 Å². The predicted octanol–water partition coefficient (Wildman–Crippen LogP) is 2.74. The number of nitrogens with zero attached hydrogens (tertiary/aromatic N) is 1. The van der Waals surface area contributed by atoms with Crippen molar-refractivity contribution in [2.75, 3.05) is 26.2 Å². The lowest BCUT2D eigenvalue weighted by Gasteiger charge is -2.23. The lowest BCUT2D eigenvalue weighted by molar-refractivity contribution is 0.156. The van der Waals surface area contributed by atoms with Crippen LogP contribution in [-0.4, -0.2) is 37.2 Å². The molecule has 0 saturated carbocycles. The third kappa shape index (κ3) is 3.73. The summed E-state index contributed by atoms with van der Waals surface area (Å²) in [6.07, 6.45) is 2.08. The van der Waals surface area contributed by atoms with Crippen molar-refractivity contribution >= 4 is 6.09 Å². The molecule has 1 atom stereocenters. The van der Waals surface area contributed by atoms with Gasteiger partial charge in [-0.05, 0) is 24.1 Å². The van der Waals surface area contributed by atoms with Gasteiger partial charge in [0.25, 0.3) is 0 Å². The van der Waals surface area contributed by atoms with Gasteiger partial charge in [-0.2, -0.15) is 0 Å². The molecule has 1 aliphatic heterocycles. The summed E-state index contributed by atoms with van der Waals surface area (Å²) in [5, 5.41) is 3.45. The number of cyclic esters (lactones) is 1. The highest BCUT2D eigenvalue weighted by Gasteiger charge is 2.25. The monoisotopic (exact) mass is 276 g/mol. The molecule has 1 unspecified atom stereocenters. The van der Waals surface area contributed by atoms with Crippen LogP contribution in [0.4, 0.5) is 4.79 Å². The Morgan fingerprint density at radius 2 is 2.05 bits per heavy atom. The topological polar surface area (TPSA) is 41.6 Å². The molecule has 20 heavy (non-hydrogen) atoms. The molecule has 2 rings (SSSR count). The molecule has 4 heteroatoms. The average molecular weight is 276 g/mol. The van der Waals surface area contributed by atoms with Gasteiger partial charge >= 0.3 is 6.09 Å². The second-order valence-electron chi connectivity index (χ2n) is 5.16. The Kier molecular flexibility index (Phi) is 5.41. The van der Waals surface area contributed by atoms with Gasteiger partial charge in [-0.1, -0.05) is 44.5 Å². The Morgan fingerprint density at radius 3 is 2.60 bits per heavy atom. The van der Waals surface area contributed by atoms with Crippen molar-refractivity contribution in [1.29, 1.82) is 0 Å². The zero-order valence-electron chi connectivity index (χ0n) is 12.4. The van der Waals surface area contributed by atoms with Crippen LogP contribution in [0.15, 0.2) is 24.3 Å². The molecule has 1 amide bonds. The maximum Gasteiger partial charge on any atom is 0.410 e. The number of carbonyl (C=O) groups is 1. The van der Waals surface area contributed by atoms with E-state index in [-0.39, 0.29) is 12.1 Å². The van der Waals surface area contributed by atoms with E-state index >= 15 is 0 Å². The molecule has 1 fully saturated rings. The van der Waals surface area contributed by atoms with E-state index in [4.69, 9.17) is 4.74 Å². The van der Waals surface area contributed by atoms with Crippen LogP contribution in [0.1, 0.15) is 37.4 Å². The minimum Gasteiger partial charge on any atom is -0.448 e. The van der Waals surface area contributed by atoms with Crippen LogP contribution in [0.25, 0.3) is 0 Å². The lowest BCUT2D eigenvalue weighted by atomic mass is 10.0. The van der Waals surface area contributed by atoms with Crippen molar-refractivity contribution in [1.82, 2.24) is 10.2 Å². The Morgan fingerprint density at radius 1 is 1.30 bits per heavy atom. The van der Waals surface area contributed by atoms with Crippen LogP contribution in [-0.2, 0) is 11.2 Å². The Bertz CT molecular complexity index is 431. The van der Waals surface area contributed by atoms with Crippen LogP contribution >= 0.6 is 0 Å². The molecule has 4 nitrogen and oxygen atoms in total. The van der Waals surface area contributed by atoms with E-state index in [1.807, 2.05) is 0 Å². The standard InChI is InChI=1S/C16H24N2O2/c1-3-5-13-6-8-14(9-7-13)15(17-4-2)12-18-10-11-20-16(18)19/h6-9,15,17H,3-5,10-12H2,1-2H3. The first-order valence-electron chi connectivity index (χ1n) is 7.48. The third-order valence-corrected chi connectivity index (χ3v) is 3.62. The fourth-order valence-corrected chi connectivity index (χ4v) is 2.55. The fourth-order valence-electron chi connectivity index (χ4n) is 2.55. The van der Waals surface area contributed by atoms with Crippen LogP contribution in [0, 0.1) is 0 Å². The summed E-state index contributed by atoms with van der Waals surface area (Å²) in [5.74, 6) is 0. The van der Waals surface area contributed by atoms with E-state index in [9.17, 15) is 4.79 Å². The van der Waals surface area contributed by atoms with Gasteiger partial charge in [0.2, 0.25) is 0 Å². The normalized spacial score (nSPS) is 16.3. The summed E-state index contributed by atoms with van der Waals surface area (Å²) in [6, 6.07) is 8.87. The second-order valence-corrected chi connectivity index (χ2v) is 5.16. The maximum absolute atomic E-state index is 11.6. The summed E-state index contributed by atoms with van der Waals surface area (Å²) in [7, 11) is 0. The summed E-state index contributed by atoms with van der Waals surface area (Å²) in [5.41, 5.74) is 2.60. The largest absolute Gasteiger partial charge is 0.448 e. The van der Waals surface area contributed by atoms with Crippen LogP contribution < -0.4 is 5.32 Å². The van der Waals surface area contributed by atoms with Crippen molar-refractivity contribution < 1.29 is 9.53 Å². The van der Waals surface area contributed by atoms with Gasteiger partial charge in [-0.3, -0.25) is 0 Å². The Hall–Kier alpha value is -1.55. The van der Waals surface area contributed by atoms with Gasteiger partial charge in [0, 0.05) is 6.54 Å². The highest BCUT2D eigenvalue weighted by Crippen LogP contribution is 2.18. The van der Waals surface area contributed by atoms with E-state index < -0.39 is 0 Å². The molecule has 0 aromatic heterocycles. The summed E-state index contributed by atoms with van der Waals surface area (Å²) < 4.78 is 4.99. The number of amides is 1. The van der Waals surface area contributed by atoms with E-state index in [2.05, 4.69) is 43.4 Å². The molecule has 1 aromatic carbocycles. The van der Waals surface area contributed by atoms with Crippen molar-refractivity contribution in [3.05, 3.63) is 35.4 Å². The number of carbonyl (C=O) groups excluding carboxylic acids is 1. The van der Waals surface area contributed by atoms with Crippen molar-refractivity contribution in [2.45, 2.75) is 32.7 Å². The molecule has 1 saturated heterocycles. The number of aryl methyl sites for hydroxylation is 1. The highest BCUT2D eigenvalue weighted by molar-refractivity contribution is 5.69. The number of benzene rings is 1. The van der Waals surface area contributed by atoms with E-state index in [0.29, 0.717) is 19.7 Å². The fraction of sp³-hybridized carbons (Fsp3) is 0.562. The number of ether oxygens (including phenoxy) is 1. The summed E-state index contributed by atoms with van der Waals surface area (Å²) in [4.78, 5) is 13.3. The van der Waals surface area contributed by atoms with Gasteiger partial charge in [0.05, 0.1) is 12.6 Å². The SMILES string of the molecule is CCCc1ccc(C(CN2CCOC2=O)NCC)cc1. The summed E-state index contributed by atoms with van der Waals surface area (Å²) >= 11 is 0. The number of rotatable bonds is 7. The molecule has 0 aliphatic carbocycles. The van der Waals surface area contributed by atoms with Gasteiger partial charge in [-0.15, -0.1) is 0 Å². The summed E-state index contributed by atoms with van der Waals surface area (Å²) in [6.45, 7) is 7.01. The molecule has 1 aliphatic rings. The highest BCUT2D eigenvalue weighted by atomic mass is 16.6. The zero-order valence-corrected chi connectivity index (χ0v) is 12.4. The average Bonchev–Trinajstić information content (AvgIpc) is 2.85. The minimum atomic E-state index is -0.199. The molecule has 110 valence electrons. The maximum atomic E-state index is 11.6. The predicted molar refractivity (Wildman–Crippen MR) is 79.8 cm³/mol. The van der Waals surface area contributed by atoms with E-state index in [0.717, 1.165) is 19.4 Å². The Labute approximate surface area is 121 Å². The van der Waals surface area contributed by atoms with E-state index in [1.165, 1.54) is 11.1 Å². The first-order chi connectivity index (χ1) is 9.74. The molecular weight excluding hydrogens is 252 g/mol. The smallest absolute Gasteiger partial charge is 0.410 e. The first kappa shape index (κ1) is 14.9. The van der Waals surface area contributed by atoms with Gasteiger partial charge < -0.3 is 15.0 Å². The number of hydrogen-bond donors (Lipinski definition) is 1. The molecule has 0 spiro atoms. The third-order valence-electron chi connectivity index (χ3n) is 3.62. The molecular formula is C16H24N2O2. The van der Waals surface area contributed by atoms with Crippen molar-refractivity contribution in [3.8, 4) is 0 Å². The number of nitrogens with one attached hydrogen (secondary N) is 1. The molecule has 1 aromatic rings.